The van der Waals surface area contributed by atoms with Crippen molar-refractivity contribution in [3.8, 4) is 11.8 Å². The Balaban J connectivity index is 4.71. The van der Waals surface area contributed by atoms with Crippen LogP contribution in [-0.4, -0.2) is 23.1 Å². The van der Waals surface area contributed by atoms with Gasteiger partial charge in [0.2, 0.25) is 0 Å². The lowest BCUT2D eigenvalue weighted by Crippen LogP contribution is -2.29. The summed E-state index contributed by atoms with van der Waals surface area (Å²) in [5.41, 5.74) is -1.77. The maximum absolute atomic E-state index is 11.2. The van der Waals surface area contributed by atoms with Crippen LogP contribution in [0.2, 0.25) is 0 Å². The molecule has 0 saturated carbocycles. The van der Waals surface area contributed by atoms with Gasteiger partial charge in [-0.25, -0.2) is 0 Å². The lowest BCUT2D eigenvalue weighted by Gasteiger charge is -2.21. The van der Waals surface area contributed by atoms with E-state index in [0.717, 1.165) is 0 Å². The Morgan fingerprint density at radius 3 is 1.33 bits per heavy atom. The summed E-state index contributed by atoms with van der Waals surface area (Å²) in [5, 5.41) is 0. The average molecular weight is 254 g/mol. The van der Waals surface area contributed by atoms with Gasteiger partial charge in [-0.05, 0) is 27.7 Å². The zero-order valence-electron chi connectivity index (χ0n) is 12.0. The third-order valence-electron chi connectivity index (χ3n) is 1.98. The van der Waals surface area contributed by atoms with Crippen LogP contribution in [0, 0.1) is 11.8 Å². The summed E-state index contributed by atoms with van der Waals surface area (Å²) in [6.45, 7) is 10.2. The lowest BCUT2D eigenvalue weighted by atomic mass is 10.1. The zero-order valence-corrected chi connectivity index (χ0v) is 12.0. The van der Waals surface area contributed by atoms with E-state index < -0.39 is 11.2 Å². The van der Waals surface area contributed by atoms with Gasteiger partial charge in [0, 0.05) is 12.8 Å². The summed E-state index contributed by atoms with van der Waals surface area (Å²) in [7, 11) is 0. The maximum atomic E-state index is 11.2. The molecule has 4 heteroatoms. The van der Waals surface area contributed by atoms with E-state index in [1.165, 1.54) is 0 Å². The largest absolute Gasteiger partial charge is 0.446 e. The molecule has 0 saturated heterocycles. The molecule has 0 aliphatic rings. The molecule has 0 N–H and O–H groups in total. The Kier molecular flexibility index (Phi) is 5.90. The molecule has 0 unspecified atom stereocenters. The van der Waals surface area contributed by atoms with Gasteiger partial charge in [-0.15, -0.1) is 0 Å². The van der Waals surface area contributed by atoms with Crippen molar-refractivity contribution in [1.29, 1.82) is 0 Å². The molecule has 0 aliphatic carbocycles. The Bertz CT molecular complexity index is 335. The molecule has 0 rings (SSSR count). The predicted octanol–water partition coefficient (Wildman–Crippen LogP) is 2.45. The molecule has 0 bridgehead atoms. The highest BCUT2D eigenvalue weighted by Gasteiger charge is 2.23. The molecule has 0 aromatic rings. The van der Waals surface area contributed by atoms with Crippen LogP contribution in [-0.2, 0) is 19.1 Å². The highest BCUT2D eigenvalue weighted by molar-refractivity contribution is 5.70. The minimum Gasteiger partial charge on any atom is -0.446 e. The number of ether oxygens (including phenoxy) is 2. The molecular formula is C14H22O4. The highest BCUT2D eigenvalue weighted by atomic mass is 16.6. The van der Waals surface area contributed by atoms with E-state index in [1.54, 1.807) is 41.5 Å². The van der Waals surface area contributed by atoms with Gasteiger partial charge in [0.15, 0.2) is 11.2 Å². The first-order valence-electron chi connectivity index (χ1n) is 6.10. The summed E-state index contributed by atoms with van der Waals surface area (Å²) in [4.78, 5) is 22.4. The summed E-state index contributed by atoms with van der Waals surface area (Å²) >= 11 is 0. The summed E-state index contributed by atoms with van der Waals surface area (Å²) in [6.07, 6.45) is 0.610. The van der Waals surface area contributed by atoms with Crippen molar-refractivity contribution in [3.05, 3.63) is 0 Å². The van der Waals surface area contributed by atoms with Crippen LogP contribution < -0.4 is 0 Å². The molecule has 0 spiro atoms. The number of rotatable bonds is 4. The molecule has 0 amide bonds. The van der Waals surface area contributed by atoms with Crippen LogP contribution >= 0.6 is 0 Å². The molecule has 18 heavy (non-hydrogen) atoms. The Hall–Kier alpha value is -1.50. The monoisotopic (exact) mass is 254 g/mol. The van der Waals surface area contributed by atoms with Crippen LogP contribution in [0.25, 0.3) is 0 Å². The van der Waals surface area contributed by atoms with Gasteiger partial charge in [0.1, 0.15) is 0 Å². The first-order valence-corrected chi connectivity index (χ1v) is 6.10. The quantitative estimate of drug-likeness (QED) is 0.571. The van der Waals surface area contributed by atoms with Gasteiger partial charge in [-0.2, -0.15) is 0 Å². The zero-order chi connectivity index (χ0) is 14.4. The summed E-state index contributed by atoms with van der Waals surface area (Å²) in [6, 6.07) is 0. The van der Waals surface area contributed by atoms with Gasteiger partial charge < -0.3 is 9.47 Å². The molecule has 4 nitrogen and oxygen atoms in total. The lowest BCUT2D eigenvalue weighted by molar-refractivity contribution is -0.153. The second-order valence-electron chi connectivity index (χ2n) is 4.93. The normalized spacial score (nSPS) is 11.2. The van der Waals surface area contributed by atoms with Crippen molar-refractivity contribution in [2.45, 2.75) is 65.6 Å². The third-order valence-corrected chi connectivity index (χ3v) is 1.98. The van der Waals surface area contributed by atoms with Gasteiger partial charge in [0.25, 0.3) is 0 Å². The first-order chi connectivity index (χ1) is 8.12. The molecule has 0 atom stereocenters. The molecule has 0 aromatic heterocycles. The fraction of sp³-hybridized carbons (Fsp3) is 0.714. The van der Waals surface area contributed by atoms with Crippen molar-refractivity contribution in [2.75, 3.05) is 0 Å². The number of hydrogen-bond donors (Lipinski definition) is 0. The number of esters is 2. The number of hydrogen-bond acceptors (Lipinski definition) is 4. The van der Waals surface area contributed by atoms with Crippen molar-refractivity contribution in [2.24, 2.45) is 0 Å². The summed E-state index contributed by atoms with van der Waals surface area (Å²) in [5.74, 6) is 5.03. The standard InChI is InChI=1S/C14H22O4/c1-7-11(15)17-13(3,4)9-10-14(5,6)18-12(16)8-2/h7-8H2,1-6H3. The van der Waals surface area contributed by atoms with Gasteiger partial charge in [-0.3, -0.25) is 9.59 Å². The minimum atomic E-state index is -0.886. The van der Waals surface area contributed by atoms with Crippen molar-refractivity contribution >= 4 is 11.9 Å². The molecule has 0 radical (unpaired) electrons. The van der Waals surface area contributed by atoms with Crippen molar-refractivity contribution < 1.29 is 19.1 Å². The molecule has 102 valence electrons. The van der Waals surface area contributed by atoms with Crippen LogP contribution in [0.3, 0.4) is 0 Å². The molecular weight excluding hydrogens is 232 g/mol. The Labute approximate surface area is 109 Å². The molecule has 0 heterocycles. The van der Waals surface area contributed by atoms with Crippen LogP contribution in [0.5, 0.6) is 0 Å². The van der Waals surface area contributed by atoms with Crippen LogP contribution in [0.1, 0.15) is 54.4 Å². The van der Waals surface area contributed by atoms with E-state index in [0.29, 0.717) is 12.8 Å². The van der Waals surface area contributed by atoms with E-state index in [9.17, 15) is 9.59 Å². The second-order valence-corrected chi connectivity index (χ2v) is 4.93. The van der Waals surface area contributed by atoms with Crippen molar-refractivity contribution in [3.63, 3.8) is 0 Å². The predicted molar refractivity (Wildman–Crippen MR) is 68.7 cm³/mol. The van der Waals surface area contributed by atoms with Gasteiger partial charge in [-0.1, -0.05) is 25.7 Å². The average Bonchev–Trinajstić information content (AvgIpc) is 2.25. The first kappa shape index (κ1) is 16.5. The summed E-state index contributed by atoms with van der Waals surface area (Å²) < 4.78 is 10.3. The van der Waals surface area contributed by atoms with E-state index in [4.69, 9.17) is 9.47 Å². The smallest absolute Gasteiger partial charge is 0.307 e. The molecule has 0 fully saturated rings. The van der Waals surface area contributed by atoms with Crippen LogP contribution in [0.4, 0.5) is 0 Å². The van der Waals surface area contributed by atoms with Crippen molar-refractivity contribution in [1.82, 2.24) is 0 Å². The number of carbonyl (C=O) groups is 2. The van der Waals surface area contributed by atoms with E-state index in [1.807, 2.05) is 0 Å². The minimum absolute atomic E-state index is 0.305. The highest BCUT2D eigenvalue weighted by Crippen LogP contribution is 2.13. The Morgan fingerprint density at radius 2 is 1.11 bits per heavy atom. The van der Waals surface area contributed by atoms with Gasteiger partial charge >= 0.3 is 11.9 Å². The Morgan fingerprint density at radius 1 is 0.833 bits per heavy atom. The fourth-order valence-corrected chi connectivity index (χ4v) is 1.07. The van der Waals surface area contributed by atoms with E-state index in [-0.39, 0.29) is 11.9 Å². The second kappa shape index (κ2) is 6.44. The molecule has 0 aromatic carbocycles. The van der Waals surface area contributed by atoms with E-state index in [2.05, 4.69) is 11.8 Å². The maximum Gasteiger partial charge on any atom is 0.307 e. The third kappa shape index (κ3) is 6.95. The van der Waals surface area contributed by atoms with E-state index >= 15 is 0 Å². The van der Waals surface area contributed by atoms with Gasteiger partial charge in [0.05, 0.1) is 0 Å². The topological polar surface area (TPSA) is 52.6 Å². The number of carbonyl (C=O) groups excluding carboxylic acids is 2. The fourth-order valence-electron chi connectivity index (χ4n) is 1.07. The van der Waals surface area contributed by atoms with Crippen LogP contribution in [0.15, 0.2) is 0 Å². The SMILES string of the molecule is CCC(=O)OC(C)(C)C#CC(C)(C)OC(=O)CC. The molecule has 0 aliphatic heterocycles.